The second kappa shape index (κ2) is 7.61. The molecule has 10 heavy (non-hydrogen) atoms. The Morgan fingerprint density at radius 3 is 2.60 bits per heavy atom. The molecule has 1 atom stereocenters. The largest absolute Gasteiger partial charge is 0.377 e. The number of rotatable bonds is 6. The Balaban J connectivity index is 2.77. The molecule has 0 saturated carbocycles. The first kappa shape index (κ1) is 10.5. The van der Waals surface area contributed by atoms with Gasteiger partial charge in [-0.25, -0.2) is 5.11 Å². The normalized spacial score (nSPS) is 13.5. The third-order valence-electron chi connectivity index (χ3n) is 0.921. The fourth-order valence-corrected chi connectivity index (χ4v) is 0.753. The molecule has 0 amide bonds. The van der Waals surface area contributed by atoms with Gasteiger partial charge in [-0.3, -0.25) is 0 Å². The third kappa shape index (κ3) is 8.50. The molecule has 0 aliphatic rings. The van der Waals surface area contributed by atoms with Crippen LogP contribution in [0.15, 0.2) is 0 Å². The number of hydrogen-bond acceptors (Lipinski definition) is 1. The molecule has 0 heterocycles. The smallest absolute Gasteiger partial charge is 0.189 e. The quantitative estimate of drug-likeness (QED) is 0.460. The summed E-state index contributed by atoms with van der Waals surface area (Å²) in [6, 6.07) is 0. The Bertz CT molecular complexity index is 68.8. The summed E-state index contributed by atoms with van der Waals surface area (Å²) in [4.78, 5) is 0. The van der Waals surface area contributed by atoms with Gasteiger partial charge in [0.2, 0.25) is 0 Å². The Labute approximate surface area is 71.1 Å². The maximum Gasteiger partial charge on any atom is 0.189 e. The summed E-state index contributed by atoms with van der Waals surface area (Å²) in [6.07, 6.45) is 1.82. The highest BCUT2D eigenvalue weighted by Crippen LogP contribution is 1.95. The van der Waals surface area contributed by atoms with Gasteiger partial charge in [-0.05, 0) is 12.8 Å². The molecule has 0 fully saturated rings. The topological polar surface area (TPSA) is 29.1 Å². The first-order chi connectivity index (χ1) is 4.77. The SMILES string of the molecule is [O]C(Cl)COCCCCCl. The van der Waals surface area contributed by atoms with E-state index in [1.807, 2.05) is 0 Å². The predicted molar refractivity (Wildman–Crippen MR) is 41.1 cm³/mol. The monoisotopic (exact) mass is 185 g/mol. The van der Waals surface area contributed by atoms with Crippen LogP contribution in [0.4, 0.5) is 0 Å². The van der Waals surface area contributed by atoms with E-state index in [-0.39, 0.29) is 6.61 Å². The molecule has 0 bridgehead atoms. The summed E-state index contributed by atoms with van der Waals surface area (Å²) in [5, 5.41) is 10.2. The van der Waals surface area contributed by atoms with Gasteiger partial charge >= 0.3 is 0 Å². The van der Waals surface area contributed by atoms with Gasteiger partial charge in [-0.1, -0.05) is 11.6 Å². The van der Waals surface area contributed by atoms with Crippen molar-refractivity contribution in [3.05, 3.63) is 0 Å². The number of hydrogen-bond donors (Lipinski definition) is 0. The molecule has 1 unspecified atom stereocenters. The second-order valence-electron chi connectivity index (χ2n) is 1.88. The van der Waals surface area contributed by atoms with Gasteiger partial charge in [0, 0.05) is 12.5 Å². The fraction of sp³-hybridized carbons (Fsp3) is 1.00. The maximum atomic E-state index is 10.2. The Hall–Kier alpha value is 0.500. The first-order valence-corrected chi connectivity index (χ1v) is 4.18. The summed E-state index contributed by atoms with van der Waals surface area (Å²) < 4.78 is 4.89. The van der Waals surface area contributed by atoms with E-state index in [0.29, 0.717) is 12.5 Å². The van der Waals surface area contributed by atoms with Crippen LogP contribution in [-0.4, -0.2) is 24.7 Å². The van der Waals surface area contributed by atoms with E-state index in [0.717, 1.165) is 12.8 Å². The van der Waals surface area contributed by atoms with Crippen LogP contribution in [0.5, 0.6) is 0 Å². The van der Waals surface area contributed by atoms with Gasteiger partial charge < -0.3 is 4.74 Å². The van der Waals surface area contributed by atoms with Crippen LogP contribution in [0.2, 0.25) is 0 Å². The number of alkyl halides is 2. The highest BCUT2D eigenvalue weighted by Gasteiger charge is 1.98. The zero-order chi connectivity index (χ0) is 7.82. The molecule has 0 aromatic heterocycles. The van der Waals surface area contributed by atoms with Crippen molar-refractivity contribution in [2.45, 2.75) is 18.4 Å². The molecule has 0 rings (SSSR count). The molecule has 0 saturated heterocycles. The minimum Gasteiger partial charge on any atom is -0.377 e. The van der Waals surface area contributed by atoms with E-state index in [9.17, 15) is 5.11 Å². The van der Waals surface area contributed by atoms with E-state index >= 15 is 0 Å². The van der Waals surface area contributed by atoms with Crippen molar-refractivity contribution in [2.24, 2.45) is 0 Å². The molecule has 0 aromatic rings. The number of unbranched alkanes of at least 4 members (excludes halogenated alkanes) is 1. The van der Waals surface area contributed by atoms with E-state index in [1.54, 1.807) is 0 Å². The molecule has 2 nitrogen and oxygen atoms in total. The third-order valence-corrected chi connectivity index (χ3v) is 1.31. The number of ether oxygens (including phenoxy) is 1. The van der Waals surface area contributed by atoms with Crippen LogP contribution in [0.3, 0.4) is 0 Å². The van der Waals surface area contributed by atoms with Crippen LogP contribution in [0.1, 0.15) is 12.8 Å². The van der Waals surface area contributed by atoms with Crippen molar-refractivity contribution in [1.29, 1.82) is 0 Å². The van der Waals surface area contributed by atoms with E-state index in [1.165, 1.54) is 0 Å². The molecule has 4 heteroatoms. The predicted octanol–water partition coefficient (Wildman–Crippen LogP) is 2.02. The molecule has 0 aliphatic heterocycles. The van der Waals surface area contributed by atoms with Crippen LogP contribution in [-0.2, 0) is 9.84 Å². The average molecular weight is 186 g/mol. The molecule has 1 radical (unpaired) electrons. The Morgan fingerprint density at radius 1 is 1.40 bits per heavy atom. The molecule has 0 spiro atoms. The molecule has 0 aliphatic carbocycles. The van der Waals surface area contributed by atoms with Crippen molar-refractivity contribution >= 4 is 23.2 Å². The van der Waals surface area contributed by atoms with E-state index < -0.39 is 5.56 Å². The lowest BCUT2D eigenvalue weighted by atomic mass is 10.4. The zero-order valence-electron chi connectivity index (χ0n) is 5.69. The van der Waals surface area contributed by atoms with Gasteiger partial charge in [0.1, 0.15) is 0 Å². The van der Waals surface area contributed by atoms with Gasteiger partial charge in [0.15, 0.2) is 5.56 Å². The minimum absolute atomic E-state index is 0.0871. The Kier molecular flexibility index (Phi) is 7.99. The molecular weight excluding hydrogens is 175 g/mol. The molecule has 0 aromatic carbocycles. The first-order valence-electron chi connectivity index (χ1n) is 3.21. The minimum atomic E-state index is -1.13. The van der Waals surface area contributed by atoms with E-state index in [2.05, 4.69) is 0 Å². The highest BCUT2D eigenvalue weighted by atomic mass is 35.5. The van der Waals surface area contributed by atoms with Crippen LogP contribution >= 0.6 is 23.2 Å². The van der Waals surface area contributed by atoms with Crippen molar-refractivity contribution < 1.29 is 9.84 Å². The average Bonchev–Trinajstić information content (AvgIpc) is 1.87. The van der Waals surface area contributed by atoms with Crippen LogP contribution < -0.4 is 0 Å². The number of halogens is 2. The highest BCUT2D eigenvalue weighted by molar-refractivity contribution is 6.19. The summed E-state index contributed by atoms with van der Waals surface area (Å²) >= 11 is 10.5. The van der Waals surface area contributed by atoms with Gasteiger partial charge in [-0.2, -0.15) is 0 Å². The van der Waals surface area contributed by atoms with Crippen molar-refractivity contribution in [3.63, 3.8) is 0 Å². The lowest BCUT2D eigenvalue weighted by Gasteiger charge is -2.01. The van der Waals surface area contributed by atoms with Crippen LogP contribution in [0.25, 0.3) is 0 Å². The maximum absolute atomic E-state index is 10.2. The summed E-state index contributed by atoms with van der Waals surface area (Å²) in [5.41, 5.74) is -1.13. The Morgan fingerprint density at radius 2 is 2.10 bits per heavy atom. The second-order valence-corrected chi connectivity index (χ2v) is 2.75. The summed E-state index contributed by atoms with van der Waals surface area (Å²) in [6.45, 7) is 0.669. The summed E-state index contributed by atoms with van der Waals surface area (Å²) in [5.74, 6) is 0.644. The van der Waals surface area contributed by atoms with Crippen molar-refractivity contribution in [3.8, 4) is 0 Å². The van der Waals surface area contributed by atoms with Crippen LogP contribution in [0, 0.1) is 0 Å². The van der Waals surface area contributed by atoms with Crippen molar-refractivity contribution in [1.82, 2.24) is 0 Å². The fourth-order valence-electron chi connectivity index (χ4n) is 0.475. The van der Waals surface area contributed by atoms with Gasteiger partial charge in [0.25, 0.3) is 0 Å². The lowest BCUT2D eigenvalue weighted by Crippen LogP contribution is -2.07. The zero-order valence-corrected chi connectivity index (χ0v) is 7.20. The molecule has 0 N–H and O–H groups in total. The summed E-state index contributed by atoms with van der Waals surface area (Å²) in [7, 11) is 0. The lowest BCUT2D eigenvalue weighted by molar-refractivity contribution is 0.0400. The molecular formula is C6H11Cl2O2. The van der Waals surface area contributed by atoms with Gasteiger partial charge in [0.05, 0.1) is 6.61 Å². The van der Waals surface area contributed by atoms with Crippen molar-refractivity contribution in [2.75, 3.05) is 19.1 Å². The standard InChI is InChI=1S/C6H11Cl2O2/c7-3-1-2-4-10-5-6(8)9/h6H,1-5H2. The molecule has 61 valence electrons. The van der Waals surface area contributed by atoms with E-state index in [4.69, 9.17) is 27.9 Å². The van der Waals surface area contributed by atoms with Gasteiger partial charge in [-0.15, -0.1) is 11.6 Å².